The van der Waals surface area contributed by atoms with Crippen molar-refractivity contribution in [2.75, 3.05) is 17.2 Å². The Morgan fingerprint density at radius 1 is 1.64 bits per heavy atom. The van der Waals surface area contributed by atoms with Crippen LogP contribution in [0.3, 0.4) is 0 Å². The Morgan fingerprint density at radius 3 is 3.14 bits per heavy atom. The molecule has 0 aliphatic carbocycles. The fraction of sp³-hybridized carbons (Fsp3) is 0.400. The van der Waals surface area contributed by atoms with E-state index < -0.39 is 0 Å². The number of nitrogen functional groups attached to an aromatic ring is 1. The summed E-state index contributed by atoms with van der Waals surface area (Å²) < 4.78 is 0. The summed E-state index contributed by atoms with van der Waals surface area (Å²) in [6.45, 7) is 2.33. The minimum atomic E-state index is 0.0446. The van der Waals surface area contributed by atoms with Crippen LogP contribution in [0.2, 0.25) is 0 Å². The molecule has 0 bridgehead atoms. The van der Waals surface area contributed by atoms with Gasteiger partial charge in [0.2, 0.25) is 5.91 Å². The zero-order valence-electron chi connectivity index (χ0n) is 8.16. The van der Waals surface area contributed by atoms with E-state index in [2.05, 4.69) is 4.98 Å². The van der Waals surface area contributed by atoms with E-state index in [0.717, 1.165) is 30.8 Å². The second-order valence-electron chi connectivity index (χ2n) is 3.53. The van der Waals surface area contributed by atoms with Gasteiger partial charge in [-0.15, -0.1) is 0 Å². The Morgan fingerprint density at radius 2 is 2.43 bits per heavy atom. The van der Waals surface area contributed by atoms with Gasteiger partial charge in [-0.2, -0.15) is 0 Å². The molecule has 1 aliphatic rings. The number of nitrogens with two attached hydrogens (primary N) is 1. The Labute approximate surface area is 82.7 Å². The molecule has 4 nitrogen and oxygen atoms in total. The van der Waals surface area contributed by atoms with E-state index >= 15 is 0 Å². The summed E-state index contributed by atoms with van der Waals surface area (Å²) >= 11 is 0. The molecule has 2 rings (SSSR count). The first kappa shape index (κ1) is 8.99. The number of anilines is 2. The van der Waals surface area contributed by atoms with E-state index in [0.29, 0.717) is 5.69 Å². The van der Waals surface area contributed by atoms with Gasteiger partial charge in [0, 0.05) is 13.5 Å². The van der Waals surface area contributed by atoms with Gasteiger partial charge < -0.3 is 5.73 Å². The van der Waals surface area contributed by atoms with Crippen molar-refractivity contribution in [3.63, 3.8) is 0 Å². The topological polar surface area (TPSA) is 59.2 Å². The molecule has 0 aromatic carbocycles. The second-order valence-corrected chi connectivity index (χ2v) is 3.53. The van der Waals surface area contributed by atoms with Crippen molar-refractivity contribution in [3.8, 4) is 0 Å². The summed E-state index contributed by atoms with van der Waals surface area (Å²) in [5.74, 6) is 0.821. The van der Waals surface area contributed by atoms with Gasteiger partial charge in [0.15, 0.2) is 0 Å². The number of rotatable bonds is 0. The van der Waals surface area contributed by atoms with Gasteiger partial charge in [-0.25, -0.2) is 4.98 Å². The number of pyridine rings is 1. The van der Waals surface area contributed by atoms with Crippen LogP contribution in [0.5, 0.6) is 0 Å². The number of amides is 1. The Hall–Kier alpha value is -1.58. The largest absolute Gasteiger partial charge is 0.397 e. The minimum Gasteiger partial charge on any atom is -0.397 e. The maximum atomic E-state index is 11.3. The molecule has 0 fully saturated rings. The highest BCUT2D eigenvalue weighted by Crippen LogP contribution is 2.25. The third-order valence-corrected chi connectivity index (χ3v) is 2.43. The fourth-order valence-electron chi connectivity index (χ4n) is 1.79. The molecule has 74 valence electrons. The second kappa shape index (κ2) is 3.29. The first-order valence-electron chi connectivity index (χ1n) is 4.71. The van der Waals surface area contributed by atoms with Crippen molar-refractivity contribution >= 4 is 17.4 Å². The van der Waals surface area contributed by atoms with Gasteiger partial charge in [0.05, 0.1) is 11.9 Å². The SMILES string of the molecule is CC(=O)N1CCCc2cc(N)cnc21. The molecule has 0 atom stereocenters. The number of hydrogen-bond acceptors (Lipinski definition) is 3. The van der Waals surface area contributed by atoms with Gasteiger partial charge >= 0.3 is 0 Å². The Kier molecular flexibility index (Phi) is 2.11. The summed E-state index contributed by atoms with van der Waals surface area (Å²) in [4.78, 5) is 17.2. The van der Waals surface area contributed by atoms with Crippen LogP contribution in [0.1, 0.15) is 18.9 Å². The summed E-state index contributed by atoms with van der Waals surface area (Å²) in [7, 11) is 0. The summed E-state index contributed by atoms with van der Waals surface area (Å²) in [6.07, 6.45) is 3.54. The molecule has 0 saturated carbocycles. The van der Waals surface area contributed by atoms with E-state index in [4.69, 9.17) is 5.73 Å². The quantitative estimate of drug-likeness (QED) is 0.664. The number of carbonyl (C=O) groups excluding carboxylic acids is 1. The lowest BCUT2D eigenvalue weighted by molar-refractivity contribution is -0.116. The van der Waals surface area contributed by atoms with E-state index in [1.165, 1.54) is 0 Å². The number of fused-ring (bicyclic) bond motifs is 1. The lowest BCUT2D eigenvalue weighted by Crippen LogP contribution is -2.34. The van der Waals surface area contributed by atoms with Gasteiger partial charge in [0.25, 0.3) is 0 Å². The van der Waals surface area contributed by atoms with Gasteiger partial charge in [-0.1, -0.05) is 0 Å². The van der Waals surface area contributed by atoms with Crippen molar-refractivity contribution in [1.29, 1.82) is 0 Å². The highest BCUT2D eigenvalue weighted by molar-refractivity contribution is 5.91. The molecular weight excluding hydrogens is 178 g/mol. The minimum absolute atomic E-state index is 0.0446. The lowest BCUT2D eigenvalue weighted by Gasteiger charge is -2.27. The molecule has 1 amide bonds. The molecule has 0 spiro atoms. The number of carbonyl (C=O) groups is 1. The zero-order valence-corrected chi connectivity index (χ0v) is 8.16. The highest BCUT2D eigenvalue weighted by atomic mass is 16.2. The highest BCUT2D eigenvalue weighted by Gasteiger charge is 2.20. The Balaban J connectivity index is 2.44. The van der Waals surface area contributed by atoms with Crippen molar-refractivity contribution < 1.29 is 4.79 Å². The molecule has 2 heterocycles. The van der Waals surface area contributed by atoms with E-state index in [1.54, 1.807) is 18.0 Å². The van der Waals surface area contributed by atoms with E-state index in [1.807, 2.05) is 6.07 Å². The molecular formula is C10H13N3O. The monoisotopic (exact) mass is 191 g/mol. The van der Waals surface area contributed by atoms with Crippen molar-refractivity contribution in [2.45, 2.75) is 19.8 Å². The maximum Gasteiger partial charge on any atom is 0.225 e. The fourth-order valence-corrected chi connectivity index (χ4v) is 1.79. The van der Waals surface area contributed by atoms with E-state index in [-0.39, 0.29) is 5.91 Å². The maximum absolute atomic E-state index is 11.3. The first-order chi connectivity index (χ1) is 6.68. The molecule has 0 saturated heterocycles. The molecule has 4 heteroatoms. The molecule has 1 aromatic heterocycles. The van der Waals surface area contributed by atoms with Crippen LogP contribution < -0.4 is 10.6 Å². The van der Waals surface area contributed by atoms with Gasteiger partial charge in [-0.05, 0) is 24.5 Å². The van der Waals surface area contributed by atoms with Crippen LogP contribution in [0, 0.1) is 0 Å². The molecule has 0 unspecified atom stereocenters. The van der Waals surface area contributed by atoms with Crippen LogP contribution in [-0.2, 0) is 11.2 Å². The average Bonchev–Trinajstić information content (AvgIpc) is 2.16. The summed E-state index contributed by atoms with van der Waals surface area (Å²) in [5, 5.41) is 0. The van der Waals surface area contributed by atoms with Crippen molar-refractivity contribution in [1.82, 2.24) is 4.98 Å². The predicted octanol–water partition coefficient (Wildman–Crippen LogP) is 0.963. The van der Waals surface area contributed by atoms with Crippen LogP contribution in [-0.4, -0.2) is 17.4 Å². The molecule has 0 radical (unpaired) electrons. The van der Waals surface area contributed by atoms with Crippen LogP contribution >= 0.6 is 0 Å². The Bertz CT molecular complexity index is 376. The van der Waals surface area contributed by atoms with Crippen LogP contribution in [0.15, 0.2) is 12.3 Å². The normalized spacial score (nSPS) is 15.1. The number of nitrogens with zero attached hydrogens (tertiary/aromatic N) is 2. The number of aryl methyl sites for hydroxylation is 1. The molecule has 14 heavy (non-hydrogen) atoms. The lowest BCUT2D eigenvalue weighted by atomic mass is 10.1. The smallest absolute Gasteiger partial charge is 0.225 e. The van der Waals surface area contributed by atoms with Crippen LogP contribution in [0.4, 0.5) is 11.5 Å². The predicted molar refractivity (Wildman–Crippen MR) is 55.0 cm³/mol. The first-order valence-corrected chi connectivity index (χ1v) is 4.71. The van der Waals surface area contributed by atoms with E-state index in [9.17, 15) is 4.79 Å². The van der Waals surface area contributed by atoms with Gasteiger partial charge in [-0.3, -0.25) is 9.69 Å². The zero-order chi connectivity index (χ0) is 10.1. The third kappa shape index (κ3) is 1.43. The molecule has 2 N–H and O–H groups in total. The summed E-state index contributed by atoms with van der Waals surface area (Å²) in [6, 6.07) is 1.90. The van der Waals surface area contributed by atoms with Crippen molar-refractivity contribution in [2.24, 2.45) is 0 Å². The van der Waals surface area contributed by atoms with Crippen LogP contribution in [0.25, 0.3) is 0 Å². The van der Waals surface area contributed by atoms with Crippen molar-refractivity contribution in [3.05, 3.63) is 17.8 Å². The van der Waals surface area contributed by atoms with Gasteiger partial charge in [0.1, 0.15) is 5.82 Å². The molecule has 1 aromatic rings. The number of aromatic nitrogens is 1. The summed E-state index contributed by atoms with van der Waals surface area (Å²) in [5.41, 5.74) is 7.37. The standard InChI is InChI=1S/C10H13N3O/c1-7(14)13-4-2-3-8-5-9(11)6-12-10(8)13/h5-6H,2-4,11H2,1H3. The third-order valence-electron chi connectivity index (χ3n) is 2.43. The average molecular weight is 191 g/mol. The number of hydrogen-bond donors (Lipinski definition) is 1. The molecule has 1 aliphatic heterocycles.